The first-order valence-electron chi connectivity index (χ1n) is 7.40. The van der Waals surface area contributed by atoms with Crippen LogP contribution in [0.5, 0.6) is 11.5 Å². The second kappa shape index (κ2) is 6.32. The van der Waals surface area contributed by atoms with E-state index in [-0.39, 0.29) is 25.1 Å². The monoisotopic (exact) mass is 325 g/mol. The van der Waals surface area contributed by atoms with Crippen molar-refractivity contribution in [3.05, 3.63) is 18.2 Å². The van der Waals surface area contributed by atoms with Gasteiger partial charge in [0.2, 0.25) is 12.7 Å². The Hall–Kier alpha value is -1.50. The van der Waals surface area contributed by atoms with Crippen LogP contribution in [0.1, 0.15) is 0 Å². The molecular formula is C15H20ClN3O3. The van der Waals surface area contributed by atoms with Gasteiger partial charge in [-0.2, -0.15) is 0 Å². The van der Waals surface area contributed by atoms with Crippen molar-refractivity contribution in [1.29, 1.82) is 0 Å². The Kier molecular flexibility index (Phi) is 4.42. The lowest BCUT2D eigenvalue weighted by atomic mass is 10.0. The van der Waals surface area contributed by atoms with Gasteiger partial charge in [0.25, 0.3) is 0 Å². The largest absolute Gasteiger partial charge is 0.454 e. The highest BCUT2D eigenvalue weighted by atomic mass is 35.5. The molecule has 1 aromatic carbocycles. The molecule has 3 aliphatic heterocycles. The molecule has 0 aliphatic carbocycles. The summed E-state index contributed by atoms with van der Waals surface area (Å²) >= 11 is 0. The number of nitrogens with zero attached hydrogens (tertiary/aromatic N) is 1. The van der Waals surface area contributed by atoms with Gasteiger partial charge in [-0.3, -0.25) is 9.69 Å². The second-order valence-electron chi connectivity index (χ2n) is 5.99. The summed E-state index contributed by atoms with van der Waals surface area (Å²) < 4.78 is 10.6. The van der Waals surface area contributed by atoms with Crippen LogP contribution in [-0.4, -0.2) is 50.3 Å². The highest BCUT2D eigenvalue weighted by Crippen LogP contribution is 2.34. The molecule has 0 aromatic heterocycles. The van der Waals surface area contributed by atoms with Crippen LogP contribution in [0.25, 0.3) is 0 Å². The van der Waals surface area contributed by atoms with Crippen LogP contribution < -0.4 is 20.1 Å². The maximum absolute atomic E-state index is 12.1. The van der Waals surface area contributed by atoms with Gasteiger partial charge < -0.3 is 20.1 Å². The van der Waals surface area contributed by atoms with Crippen LogP contribution in [0, 0.1) is 11.8 Å². The molecular weight excluding hydrogens is 306 g/mol. The van der Waals surface area contributed by atoms with E-state index in [1.165, 1.54) is 0 Å². The molecule has 0 spiro atoms. The normalized spacial score (nSPS) is 25.6. The first-order valence-corrected chi connectivity index (χ1v) is 7.40. The summed E-state index contributed by atoms with van der Waals surface area (Å²) in [5.41, 5.74) is 0.755. The molecule has 1 aromatic rings. The number of hydrogen-bond acceptors (Lipinski definition) is 5. The zero-order valence-corrected chi connectivity index (χ0v) is 13.0. The van der Waals surface area contributed by atoms with Gasteiger partial charge in [0.05, 0.1) is 6.54 Å². The standard InChI is InChI=1S/C15H19N3O3.ClH/c19-15(8-18-6-10-4-16-5-11(10)7-18)17-12-1-2-13-14(3-12)21-9-20-13;/h1-3,10-11,16H,4-9H2,(H,17,19);1H/t10-,11+;. The second-order valence-corrected chi connectivity index (χ2v) is 5.99. The van der Waals surface area contributed by atoms with E-state index in [1.807, 2.05) is 18.2 Å². The molecule has 120 valence electrons. The van der Waals surface area contributed by atoms with Gasteiger partial charge in [-0.25, -0.2) is 0 Å². The van der Waals surface area contributed by atoms with E-state index in [2.05, 4.69) is 15.5 Å². The topological polar surface area (TPSA) is 62.8 Å². The lowest BCUT2D eigenvalue weighted by molar-refractivity contribution is -0.117. The minimum absolute atomic E-state index is 0. The molecule has 3 aliphatic rings. The number of benzene rings is 1. The van der Waals surface area contributed by atoms with Gasteiger partial charge in [0.1, 0.15) is 0 Å². The van der Waals surface area contributed by atoms with Crippen LogP contribution in [-0.2, 0) is 4.79 Å². The number of amides is 1. The maximum atomic E-state index is 12.1. The maximum Gasteiger partial charge on any atom is 0.238 e. The molecule has 22 heavy (non-hydrogen) atoms. The summed E-state index contributed by atoms with van der Waals surface area (Å²) in [4.78, 5) is 14.4. The quantitative estimate of drug-likeness (QED) is 0.865. The highest BCUT2D eigenvalue weighted by molar-refractivity contribution is 5.92. The van der Waals surface area contributed by atoms with Gasteiger partial charge in [0, 0.05) is 24.8 Å². The predicted octanol–water partition coefficient (Wildman–Crippen LogP) is 0.927. The third-order valence-corrected chi connectivity index (χ3v) is 4.49. The van der Waals surface area contributed by atoms with E-state index in [0.29, 0.717) is 24.1 Å². The van der Waals surface area contributed by atoms with E-state index >= 15 is 0 Å². The zero-order valence-electron chi connectivity index (χ0n) is 12.2. The summed E-state index contributed by atoms with van der Waals surface area (Å²) in [7, 11) is 0. The number of anilines is 1. The zero-order chi connectivity index (χ0) is 14.2. The van der Waals surface area contributed by atoms with Crippen LogP contribution in [0.15, 0.2) is 18.2 Å². The van der Waals surface area contributed by atoms with E-state index in [1.54, 1.807) is 0 Å². The number of carbonyl (C=O) groups excluding carboxylic acids is 1. The van der Waals surface area contributed by atoms with Gasteiger partial charge >= 0.3 is 0 Å². The Bertz CT molecular complexity index is 557. The summed E-state index contributed by atoms with van der Waals surface area (Å²) in [5, 5.41) is 6.34. The van der Waals surface area contributed by atoms with Crippen LogP contribution in [0.3, 0.4) is 0 Å². The molecule has 2 fully saturated rings. The summed E-state index contributed by atoms with van der Waals surface area (Å²) in [6.07, 6.45) is 0. The predicted molar refractivity (Wildman–Crippen MR) is 84.7 cm³/mol. The van der Waals surface area contributed by atoms with Gasteiger partial charge in [-0.1, -0.05) is 0 Å². The molecule has 2 saturated heterocycles. The fourth-order valence-corrected chi connectivity index (χ4v) is 3.46. The fourth-order valence-electron chi connectivity index (χ4n) is 3.46. The number of rotatable bonds is 3. The molecule has 2 N–H and O–H groups in total. The van der Waals surface area contributed by atoms with Gasteiger partial charge in [-0.05, 0) is 37.1 Å². The fraction of sp³-hybridized carbons (Fsp3) is 0.533. The van der Waals surface area contributed by atoms with Gasteiger partial charge in [0.15, 0.2) is 11.5 Å². The molecule has 0 saturated carbocycles. The van der Waals surface area contributed by atoms with Crippen molar-refractivity contribution in [1.82, 2.24) is 10.2 Å². The Balaban J connectivity index is 0.00000144. The minimum Gasteiger partial charge on any atom is -0.454 e. The number of halogens is 1. The Labute approximate surface area is 135 Å². The lowest BCUT2D eigenvalue weighted by Crippen LogP contribution is -2.33. The van der Waals surface area contributed by atoms with E-state index in [9.17, 15) is 4.79 Å². The van der Waals surface area contributed by atoms with Crippen LogP contribution >= 0.6 is 12.4 Å². The number of fused-ring (bicyclic) bond motifs is 2. The third-order valence-electron chi connectivity index (χ3n) is 4.49. The minimum atomic E-state index is 0. The number of nitrogens with one attached hydrogen (secondary N) is 2. The molecule has 0 radical (unpaired) electrons. The smallest absolute Gasteiger partial charge is 0.238 e. The molecule has 6 nitrogen and oxygen atoms in total. The highest BCUT2D eigenvalue weighted by Gasteiger charge is 2.36. The molecule has 3 heterocycles. The number of likely N-dealkylation sites (tertiary alicyclic amines) is 1. The van der Waals surface area contributed by atoms with Crippen molar-refractivity contribution in [2.24, 2.45) is 11.8 Å². The summed E-state index contributed by atoms with van der Waals surface area (Å²) in [5.74, 6) is 2.87. The lowest BCUT2D eigenvalue weighted by Gasteiger charge is -2.16. The van der Waals surface area contributed by atoms with Crippen molar-refractivity contribution < 1.29 is 14.3 Å². The van der Waals surface area contributed by atoms with E-state index in [0.717, 1.165) is 37.6 Å². The number of carbonyl (C=O) groups is 1. The molecule has 1 amide bonds. The van der Waals surface area contributed by atoms with E-state index in [4.69, 9.17) is 9.47 Å². The van der Waals surface area contributed by atoms with Crippen LogP contribution in [0.2, 0.25) is 0 Å². The van der Waals surface area contributed by atoms with E-state index < -0.39 is 0 Å². The average molecular weight is 326 g/mol. The third kappa shape index (κ3) is 2.99. The van der Waals surface area contributed by atoms with Crippen LogP contribution in [0.4, 0.5) is 5.69 Å². The first-order chi connectivity index (χ1) is 10.3. The van der Waals surface area contributed by atoms with Crippen molar-refractivity contribution in [2.75, 3.05) is 44.8 Å². The Morgan fingerprint density at radius 2 is 1.95 bits per heavy atom. The average Bonchev–Trinajstić information content (AvgIpc) is 3.12. The molecule has 2 atom stereocenters. The number of hydrogen-bond donors (Lipinski definition) is 2. The van der Waals surface area contributed by atoms with Crippen molar-refractivity contribution in [2.45, 2.75) is 0 Å². The molecule has 4 rings (SSSR count). The van der Waals surface area contributed by atoms with Crippen molar-refractivity contribution in [3.8, 4) is 11.5 Å². The van der Waals surface area contributed by atoms with Crippen molar-refractivity contribution in [3.63, 3.8) is 0 Å². The van der Waals surface area contributed by atoms with Gasteiger partial charge in [-0.15, -0.1) is 12.4 Å². The molecule has 0 unspecified atom stereocenters. The first kappa shape index (κ1) is 15.4. The SMILES string of the molecule is Cl.O=C(CN1C[C@H]2CNC[C@H]2C1)Nc1ccc2c(c1)OCO2. The summed E-state index contributed by atoms with van der Waals surface area (Å²) in [6.45, 7) is 4.92. The molecule has 0 bridgehead atoms. The Morgan fingerprint density at radius 3 is 2.73 bits per heavy atom. The summed E-state index contributed by atoms with van der Waals surface area (Å²) in [6, 6.07) is 5.47. The number of ether oxygens (including phenoxy) is 2. The molecule has 7 heteroatoms. The van der Waals surface area contributed by atoms with Crippen molar-refractivity contribution >= 4 is 24.0 Å². The Morgan fingerprint density at radius 1 is 1.23 bits per heavy atom.